The van der Waals surface area contributed by atoms with Crippen LogP contribution in [0.25, 0.3) is 0 Å². The number of nitrogens with zero attached hydrogens (tertiary/aromatic N) is 1. The van der Waals surface area contributed by atoms with Gasteiger partial charge < -0.3 is 19.7 Å². The summed E-state index contributed by atoms with van der Waals surface area (Å²) in [4.78, 5) is 14.6. The van der Waals surface area contributed by atoms with E-state index in [2.05, 4.69) is 17.4 Å². The first-order valence-electron chi connectivity index (χ1n) is 10.4. The average molecular weight is 397 g/mol. The molecule has 5 heteroatoms. The third kappa shape index (κ3) is 6.31. The van der Waals surface area contributed by atoms with Crippen molar-refractivity contribution in [2.45, 2.75) is 59.1 Å². The Labute approximate surface area is 174 Å². The number of ether oxygens (including phenoxy) is 2. The molecule has 1 fully saturated rings. The fourth-order valence-electron chi connectivity index (χ4n) is 3.60. The number of benzene rings is 2. The number of carbonyl (C=O) groups is 1. The molecule has 0 aromatic heterocycles. The maximum absolute atomic E-state index is 12.7. The minimum Gasteiger partial charge on any atom is -0.491 e. The lowest BCUT2D eigenvalue weighted by molar-refractivity contribution is -0.0586. The van der Waals surface area contributed by atoms with E-state index in [4.69, 9.17) is 9.47 Å². The van der Waals surface area contributed by atoms with Crippen LogP contribution in [0.5, 0.6) is 5.75 Å². The molecule has 0 radical (unpaired) electrons. The van der Waals surface area contributed by atoms with Gasteiger partial charge in [-0.2, -0.15) is 0 Å². The van der Waals surface area contributed by atoms with Crippen molar-refractivity contribution in [2.75, 3.05) is 13.1 Å². The van der Waals surface area contributed by atoms with Gasteiger partial charge in [-0.3, -0.25) is 4.79 Å². The summed E-state index contributed by atoms with van der Waals surface area (Å²) in [6.07, 6.45) is 0.346. The molecule has 2 aromatic carbocycles. The Bertz CT molecular complexity index is 777. The van der Waals surface area contributed by atoms with Crippen molar-refractivity contribution in [3.05, 3.63) is 65.2 Å². The molecule has 0 spiro atoms. The summed E-state index contributed by atoms with van der Waals surface area (Å²) in [7, 11) is 0. The van der Waals surface area contributed by atoms with Gasteiger partial charge in [0.15, 0.2) is 0 Å². The lowest BCUT2D eigenvalue weighted by Crippen LogP contribution is -2.48. The minimum atomic E-state index is 0.0789. The highest BCUT2D eigenvalue weighted by Gasteiger charge is 2.26. The van der Waals surface area contributed by atoms with E-state index in [1.54, 1.807) is 0 Å². The quantitative estimate of drug-likeness (QED) is 0.768. The standard InChI is InChI=1S/C24H32N2O3/c1-17(2)28-23-11-7-21(8-12-23)14-25-13-20-5-9-22(10-6-20)24(27)26-15-18(3)29-19(4)16-26/h5-12,17-19,25H,13-16H2,1-4H3. The summed E-state index contributed by atoms with van der Waals surface area (Å²) >= 11 is 0. The molecule has 1 heterocycles. The highest BCUT2D eigenvalue weighted by Crippen LogP contribution is 2.16. The predicted molar refractivity (Wildman–Crippen MR) is 115 cm³/mol. The predicted octanol–water partition coefficient (Wildman–Crippen LogP) is 4.01. The van der Waals surface area contributed by atoms with Crippen molar-refractivity contribution < 1.29 is 14.3 Å². The van der Waals surface area contributed by atoms with Crippen LogP contribution >= 0.6 is 0 Å². The molecule has 0 bridgehead atoms. The van der Waals surface area contributed by atoms with Gasteiger partial charge in [0, 0.05) is 31.7 Å². The van der Waals surface area contributed by atoms with Crippen molar-refractivity contribution in [1.29, 1.82) is 0 Å². The normalized spacial score (nSPS) is 19.4. The Hall–Kier alpha value is -2.37. The van der Waals surface area contributed by atoms with Gasteiger partial charge in [0.1, 0.15) is 5.75 Å². The van der Waals surface area contributed by atoms with Crippen LogP contribution in [-0.2, 0) is 17.8 Å². The molecule has 1 amide bonds. The van der Waals surface area contributed by atoms with Crippen molar-refractivity contribution in [3.63, 3.8) is 0 Å². The van der Waals surface area contributed by atoms with Crippen LogP contribution in [0, 0.1) is 0 Å². The zero-order chi connectivity index (χ0) is 20.8. The molecule has 2 unspecified atom stereocenters. The summed E-state index contributed by atoms with van der Waals surface area (Å²) in [5.41, 5.74) is 3.10. The third-order valence-corrected chi connectivity index (χ3v) is 4.86. The first-order valence-corrected chi connectivity index (χ1v) is 10.4. The van der Waals surface area contributed by atoms with E-state index < -0.39 is 0 Å². The van der Waals surface area contributed by atoms with Crippen LogP contribution in [0.3, 0.4) is 0 Å². The molecule has 2 aromatic rings. The molecular weight excluding hydrogens is 364 g/mol. The van der Waals surface area contributed by atoms with E-state index in [0.717, 1.165) is 30.0 Å². The lowest BCUT2D eigenvalue weighted by Gasteiger charge is -2.35. The minimum absolute atomic E-state index is 0.0789. The van der Waals surface area contributed by atoms with E-state index in [1.165, 1.54) is 5.56 Å². The van der Waals surface area contributed by atoms with Crippen LogP contribution in [-0.4, -0.2) is 42.2 Å². The van der Waals surface area contributed by atoms with Crippen molar-refractivity contribution in [2.24, 2.45) is 0 Å². The van der Waals surface area contributed by atoms with Crippen LogP contribution in [0.15, 0.2) is 48.5 Å². The van der Waals surface area contributed by atoms with E-state index in [9.17, 15) is 4.79 Å². The Morgan fingerprint density at radius 2 is 1.52 bits per heavy atom. The Kier molecular flexibility index (Phi) is 7.29. The summed E-state index contributed by atoms with van der Waals surface area (Å²) in [5, 5.41) is 3.45. The summed E-state index contributed by atoms with van der Waals surface area (Å²) in [5.74, 6) is 0.975. The average Bonchev–Trinajstić information content (AvgIpc) is 2.68. The second-order valence-corrected chi connectivity index (χ2v) is 8.08. The van der Waals surface area contributed by atoms with Gasteiger partial charge in [-0.25, -0.2) is 0 Å². The molecule has 29 heavy (non-hydrogen) atoms. The molecule has 1 saturated heterocycles. The third-order valence-electron chi connectivity index (χ3n) is 4.86. The molecule has 2 atom stereocenters. The Morgan fingerprint density at radius 1 is 1.00 bits per heavy atom. The van der Waals surface area contributed by atoms with E-state index in [-0.39, 0.29) is 24.2 Å². The van der Waals surface area contributed by atoms with Gasteiger partial charge in [-0.15, -0.1) is 0 Å². The van der Waals surface area contributed by atoms with Crippen molar-refractivity contribution in [1.82, 2.24) is 10.2 Å². The van der Waals surface area contributed by atoms with Crippen LogP contribution in [0.4, 0.5) is 0 Å². The number of hydrogen-bond donors (Lipinski definition) is 1. The largest absolute Gasteiger partial charge is 0.491 e. The smallest absolute Gasteiger partial charge is 0.254 e. The number of amides is 1. The number of morpholine rings is 1. The number of rotatable bonds is 7. The van der Waals surface area contributed by atoms with Gasteiger partial charge in [-0.1, -0.05) is 24.3 Å². The molecule has 0 saturated carbocycles. The van der Waals surface area contributed by atoms with E-state index >= 15 is 0 Å². The molecule has 1 N–H and O–H groups in total. The number of nitrogens with one attached hydrogen (secondary N) is 1. The molecule has 1 aliphatic rings. The molecule has 3 rings (SSSR count). The maximum Gasteiger partial charge on any atom is 0.254 e. The SMILES string of the molecule is CC(C)Oc1ccc(CNCc2ccc(C(=O)N3CC(C)OC(C)C3)cc2)cc1. The fourth-order valence-corrected chi connectivity index (χ4v) is 3.60. The van der Waals surface area contributed by atoms with Crippen LogP contribution in [0.1, 0.15) is 49.2 Å². The first kappa shape index (κ1) is 21.3. The Balaban J connectivity index is 1.48. The van der Waals surface area contributed by atoms with Crippen LogP contribution in [0.2, 0.25) is 0 Å². The van der Waals surface area contributed by atoms with Gasteiger partial charge >= 0.3 is 0 Å². The summed E-state index contributed by atoms with van der Waals surface area (Å²) < 4.78 is 11.4. The first-order chi connectivity index (χ1) is 13.9. The van der Waals surface area contributed by atoms with Crippen molar-refractivity contribution >= 4 is 5.91 Å². The van der Waals surface area contributed by atoms with Gasteiger partial charge in [0.25, 0.3) is 5.91 Å². The topological polar surface area (TPSA) is 50.8 Å². The zero-order valence-corrected chi connectivity index (χ0v) is 17.9. The highest BCUT2D eigenvalue weighted by molar-refractivity contribution is 5.94. The second-order valence-electron chi connectivity index (χ2n) is 8.08. The monoisotopic (exact) mass is 396 g/mol. The molecule has 0 aliphatic carbocycles. The van der Waals surface area contributed by atoms with Gasteiger partial charge in [0.05, 0.1) is 18.3 Å². The molecule has 5 nitrogen and oxygen atoms in total. The van der Waals surface area contributed by atoms with Gasteiger partial charge in [0.2, 0.25) is 0 Å². The van der Waals surface area contributed by atoms with E-state index in [0.29, 0.717) is 13.1 Å². The zero-order valence-electron chi connectivity index (χ0n) is 17.9. The summed E-state index contributed by atoms with van der Waals surface area (Å²) in [6, 6.07) is 16.0. The Morgan fingerprint density at radius 3 is 2.03 bits per heavy atom. The van der Waals surface area contributed by atoms with Crippen molar-refractivity contribution in [3.8, 4) is 5.75 Å². The fraction of sp³-hybridized carbons (Fsp3) is 0.458. The number of hydrogen-bond acceptors (Lipinski definition) is 4. The molecule has 1 aliphatic heterocycles. The number of carbonyl (C=O) groups excluding carboxylic acids is 1. The highest BCUT2D eigenvalue weighted by atomic mass is 16.5. The van der Waals surface area contributed by atoms with E-state index in [1.807, 2.05) is 69.0 Å². The van der Waals surface area contributed by atoms with Crippen LogP contribution < -0.4 is 10.1 Å². The van der Waals surface area contributed by atoms with Gasteiger partial charge in [-0.05, 0) is 63.1 Å². The lowest BCUT2D eigenvalue weighted by atomic mass is 10.1. The maximum atomic E-state index is 12.7. The molecular formula is C24H32N2O3. The second kappa shape index (κ2) is 9.90. The summed E-state index contributed by atoms with van der Waals surface area (Å²) in [6.45, 7) is 10.9. The molecule has 156 valence electrons.